The molecular weight excluding hydrogens is 333 g/mol. The number of unbranched alkanes of at least 4 members (excludes halogenated alkanes) is 3. The summed E-state index contributed by atoms with van der Waals surface area (Å²) in [5.74, 6) is 0. The SMILES string of the molecule is CCCCCCC(Cc1ccccc1)N(C)C.I. The van der Waals surface area contributed by atoms with Crippen molar-refractivity contribution in [2.75, 3.05) is 14.1 Å². The Kier molecular flexibility index (Phi) is 10.7. The summed E-state index contributed by atoms with van der Waals surface area (Å²) < 4.78 is 0. The molecule has 1 aromatic rings. The Labute approximate surface area is 130 Å². The van der Waals surface area contributed by atoms with E-state index in [0.29, 0.717) is 6.04 Å². The highest BCUT2D eigenvalue weighted by Gasteiger charge is 2.11. The van der Waals surface area contributed by atoms with Crippen LogP contribution in [0.5, 0.6) is 0 Å². The molecule has 0 saturated heterocycles. The standard InChI is InChI=1S/C16H27N.HI/c1-4-5-6-10-13-16(17(2)3)14-15-11-8-7-9-12-15;/h7-9,11-12,16H,4-6,10,13-14H2,1-3H3;1H. The van der Waals surface area contributed by atoms with Gasteiger partial charge in [-0.2, -0.15) is 0 Å². The molecule has 1 nitrogen and oxygen atoms in total. The highest BCUT2D eigenvalue weighted by atomic mass is 127. The monoisotopic (exact) mass is 361 g/mol. The molecule has 0 N–H and O–H groups in total. The van der Waals surface area contributed by atoms with Crippen molar-refractivity contribution in [2.45, 2.75) is 51.5 Å². The van der Waals surface area contributed by atoms with Crippen LogP contribution in [0.15, 0.2) is 30.3 Å². The molecule has 104 valence electrons. The van der Waals surface area contributed by atoms with Crippen LogP contribution in [0.1, 0.15) is 44.6 Å². The van der Waals surface area contributed by atoms with E-state index >= 15 is 0 Å². The number of halogens is 1. The van der Waals surface area contributed by atoms with Crippen molar-refractivity contribution in [1.82, 2.24) is 4.90 Å². The molecule has 0 bridgehead atoms. The third-order valence-electron chi connectivity index (χ3n) is 3.44. The molecule has 2 heteroatoms. The summed E-state index contributed by atoms with van der Waals surface area (Å²) in [6.45, 7) is 2.27. The van der Waals surface area contributed by atoms with Crippen LogP contribution in [0.2, 0.25) is 0 Å². The summed E-state index contributed by atoms with van der Waals surface area (Å²) in [6, 6.07) is 11.5. The molecule has 1 aromatic carbocycles. The lowest BCUT2D eigenvalue weighted by Gasteiger charge is -2.24. The Balaban J connectivity index is 0.00000289. The minimum atomic E-state index is 0. The van der Waals surface area contributed by atoms with Gasteiger partial charge in [0.2, 0.25) is 0 Å². The normalized spacial score (nSPS) is 12.2. The van der Waals surface area contributed by atoms with Crippen molar-refractivity contribution in [2.24, 2.45) is 0 Å². The van der Waals surface area contributed by atoms with Gasteiger partial charge in [-0.05, 0) is 32.5 Å². The number of hydrogen-bond donors (Lipinski definition) is 0. The minimum absolute atomic E-state index is 0. The Morgan fingerprint density at radius 2 is 1.67 bits per heavy atom. The maximum absolute atomic E-state index is 2.37. The van der Waals surface area contributed by atoms with Crippen LogP contribution >= 0.6 is 24.0 Å². The summed E-state index contributed by atoms with van der Waals surface area (Å²) in [7, 11) is 4.40. The summed E-state index contributed by atoms with van der Waals surface area (Å²) in [5.41, 5.74) is 1.46. The molecule has 0 saturated carbocycles. The zero-order valence-corrected chi connectivity index (χ0v) is 14.4. The Bertz CT molecular complexity index is 284. The van der Waals surface area contributed by atoms with Crippen LogP contribution in [-0.4, -0.2) is 25.0 Å². The molecule has 0 spiro atoms. The Morgan fingerprint density at radius 1 is 1.00 bits per heavy atom. The lowest BCUT2D eigenvalue weighted by atomic mass is 9.99. The predicted octanol–water partition coefficient (Wildman–Crippen LogP) is 4.75. The van der Waals surface area contributed by atoms with Crippen molar-refractivity contribution in [3.05, 3.63) is 35.9 Å². The van der Waals surface area contributed by atoms with Gasteiger partial charge in [-0.15, -0.1) is 24.0 Å². The molecule has 0 aliphatic rings. The number of rotatable bonds is 8. The molecule has 18 heavy (non-hydrogen) atoms. The van der Waals surface area contributed by atoms with Gasteiger partial charge in [0.25, 0.3) is 0 Å². The first-order valence-electron chi connectivity index (χ1n) is 6.94. The third kappa shape index (κ3) is 7.37. The van der Waals surface area contributed by atoms with Gasteiger partial charge in [-0.25, -0.2) is 0 Å². The number of nitrogens with zero attached hydrogens (tertiary/aromatic N) is 1. The molecular formula is C16H28IN. The summed E-state index contributed by atoms with van der Waals surface area (Å²) >= 11 is 0. The van der Waals surface area contributed by atoms with E-state index in [1.165, 1.54) is 44.1 Å². The van der Waals surface area contributed by atoms with Crippen molar-refractivity contribution in [3.8, 4) is 0 Å². The van der Waals surface area contributed by atoms with Gasteiger partial charge in [0, 0.05) is 6.04 Å². The van der Waals surface area contributed by atoms with Crippen molar-refractivity contribution in [1.29, 1.82) is 0 Å². The number of likely N-dealkylation sites (N-methyl/N-ethyl adjacent to an activating group) is 1. The van der Waals surface area contributed by atoms with Gasteiger partial charge in [0.15, 0.2) is 0 Å². The van der Waals surface area contributed by atoms with E-state index in [2.05, 4.69) is 56.3 Å². The lowest BCUT2D eigenvalue weighted by Crippen LogP contribution is -2.30. The van der Waals surface area contributed by atoms with Gasteiger partial charge >= 0.3 is 0 Å². The minimum Gasteiger partial charge on any atom is -0.306 e. The second-order valence-corrected chi connectivity index (χ2v) is 5.16. The van der Waals surface area contributed by atoms with Gasteiger partial charge in [-0.1, -0.05) is 62.9 Å². The second kappa shape index (κ2) is 10.8. The summed E-state index contributed by atoms with van der Waals surface area (Å²) in [6.07, 6.45) is 7.96. The maximum Gasteiger partial charge on any atom is 0.0130 e. The van der Waals surface area contributed by atoms with Gasteiger partial charge in [-0.3, -0.25) is 0 Å². The predicted molar refractivity (Wildman–Crippen MR) is 91.8 cm³/mol. The van der Waals surface area contributed by atoms with E-state index in [9.17, 15) is 0 Å². The van der Waals surface area contributed by atoms with Crippen molar-refractivity contribution in [3.63, 3.8) is 0 Å². The first kappa shape index (κ1) is 17.9. The topological polar surface area (TPSA) is 3.24 Å². The molecule has 0 fully saturated rings. The highest BCUT2D eigenvalue weighted by molar-refractivity contribution is 14.0. The first-order valence-corrected chi connectivity index (χ1v) is 6.94. The molecule has 0 heterocycles. The third-order valence-corrected chi connectivity index (χ3v) is 3.44. The summed E-state index contributed by atoms with van der Waals surface area (Å²) in [4.78, 5) is 2.37. The van der Waals surface area contributed by atoms with E-state index in [1.807, 2.05) is 0 Å². The lowest BCUT2D eigenvalue weighted by molar-refractivity contribution is 0.270. The fourth-order valence-electron chi connectivity index (χ4n) is 2.24. The largest absolute Gasteiger partial charge is 0.306 e. The molecule has 0 aliphatic carbocycles. The Morgan fingerprint density at radius 3 is 2.22 bits per heavy atom. The van der Waals surface area contributed by atoms with Gasteiger partial charge in [0.1, 0.15) is 0 Å². The zero-order valence-electron chi connectivity index (χ0n) is 12.1. The highest BCUT2D eigenvalue weighted by Crippen LogP contribution is 2.14. The Hall–Kier alpha value is -0.0900. The molecule has 0 aromatic heterocycles. The van der Waals surface area contributed by atoms with E-state index in [0.717, 1.165) is 0 Å². The maximum atomic E-state index is 2.37. The van der Waals surface area contributed by atoms with Gasteiger partial charge < -0.3 is 4.90 Å². The van der Waals surface area contributed by atoms with Gasteiger partial charge in [0.05, 0.1) is 0 Å². The van der Waals surface area contributed by atoms with Crippen LogP contribution in [0.4, 0.5) is 0 Å². The van der Waals surface area contributed by atoms with Crippen LogP contribution in [-0.2, 0) is 6.42 Å². The first-order chi connectivity index (χ1) is 8.24. The van der Waals surface area contributed by atoms with Crippen LogP contribution in [0, 0.1) is 0 Å². The molecule has 1 atom stereocenters. The average Bonchev–Trinajstić information content (AvgIpc) is 2.34. The molecule has 0 aliphatic heterocycles. The fraction of sp³-hybridized carbons (Fsp3) is 0.625. The molecule has 0 amide bonds. The van der Waals surface area contributed by atoms with Crippen LogP contribution in [0.25, 0.3) is 0 Å². The summed E-state index contributed by atoms with van der Waals surface area (Å²) in [5, 5.41) is 0. The number of benzene rings is 1. The smallest absolute Gasteiger partial charge is 0.0130 e. The second-order valence-electron chi connectivity index (χ2n) is 5.16. The van der Waals surface area contributed by atoms with E-state index in [1.54, 1.807) is 0 Å². The van der Waals surface area contributed by atoms with Crippen LogP contribution in [0.3, 0.4) is 0 Å². The van der Waals surface area contributed by atoms with Crippen molar-refractivity contribution < 1.29 is 0 Å². The fourth-order valence-corrected chi connectivity index (χ4v) is 2.24. The van der Waals surface area contributed by atoms with E-state index < -0.39 is 0 Å². The van der Waals surface area contributed by atoms with E-state index in [-0.39, 0.29) is 24.0 Å². The zero-order chi connectivity index (χ0) is 12.5. The average molecular weight is 361 g/mol. The number of hydrogen-bond acceptors (Lipinski definition) is 1. The quantitative estimate of drug-likeness (QED) is 0.477. The molecule has 1 rings (SSSR count). The molecule has 0 radical (unpaired) electrons. The van der Waals surface area contributed by atoms with Crippen LogP contribution < -0.4 is 0 Å². The van der Waals surface area contributed by atoms with E-state index in [4.69, 9.17) is 0 Å². The molecule has 1 unspecified atom stereocenters. The van der Waals surface area contributed by atoms with Crippen molar-refractivity contribution >= 4 is 24.0 Å².